The molecule has 4 rings (SSSR count). The normalized spacial score (nSPS) is 14.5. The summed E-state index contributed by atoms with van der Waals surface area (Å²) in [5, 5.41) is 17.4. The van der Waals surface area contributed by atoms with Gasteiger partial charge in [0.05, 0.1) is 6.04 Å². The summed E-state index contributed by atoms with van der Waals surface area (Å²) < 4.78 is 1.62. The van der Waals surface area contributed by atoms with E-state index in [4.69, 9.17) is 0 Å². The molecule has 1 unspecified atom stereocenters. The summed E-state index contributed by atoms with van der Waals surface area (Å²) in [5.74, 6) is 0.681. The molecule has 1 aromatic carbocycles. The molecule has 146 valence electrons. The van der Waals surface area contributed by atoms with Crippen LogP contribution < -0.4 is 5.32 Å². The molecule has 6 nitrogen and oxygen atoms in total. The molecular weight excluding hydrogens is 390 g/mol. The first-order chi connectivity index (χ1) is 13.7. The number of rotatable bonds is 7. The van der Waals surface area contributed by atoms with E-state index >= 15 is 0 Å². The van der Waals surface area contributed by atoms with E-state index in [9.17, 15) is 4.79 Å². The van der Waals surface area contributed by atoms with Gasteiger partial charge in [0.25, 0.3) is 0 Å². The van der Waals surface area contributed by atoms with Gasteiger partial charge in [-0.15, -0.1) is 16.4 Å². The Morgan fingerprint density at radius 2 is 2.14 bits per heavy atom. The van der Waals surface area contributed by atoms with Crippen LogP contribution in [0.1, 0.15) is 46.9 Å². The molecule has 1 amide bonds. The molecule has 1 aliphatic carbocycles. The van der Waals surface area contributed by atoms with Crippen molar-refractivity contribution in [3.8, 4) is 0 Å². The molecule has 3 aromatic rings. The molecule has 0 bridgehead atoms. The first kappa shape index (κ1) is 19.1. The number of nitrogens with zero attached hydrogens (tertiary/aromatic N) is 4. The standard InChI is InChI=1S/C20H23N5OS2/c1-25-20(22-23-24-25)28-12-10-18(26)21-19(17-7-4-11-27-17)16-9-8-14-5-2-3-6-15(14)13-16/h4,7-9,11,13,19H,2-3,5-6,10,12H2,1H3,(H,21,26). The van der Waals surface area contributed by atoms with Gasteiger partial charge in [0.2, 0.25) is 11.1 Å². The fourth-order valence-corrected chi connectivity index (χ4v) is 5.11. The monoisotopic (exact) mass is 413 g/mol. The number of benzene rings is 1. The molecule has 0 aliphatic heterocycles. The molecule has 1 N–H and O–H groups in total. The van der Waals surface area contributed by atoms with Crippen molar-refractivity contribution in [2.75, 3.05) is 5.75 Å². The molecular formula is C20H23N5OS2. The van der Waals surface area contributed by atoms with Gasteiger partial charge >= 0.3 is 0 Å². The zero-order valence-electron chi connectivity index (χ0n) is 15.8. The van der Waals surface area contributed by atoms with E-state index in [0.29, 0.717) is 12.2 Å². The van der Waals surface area contributed by atoms with Crippen LogP contribution in [0.4, 0.5) is 0 Å². The number of carbonyl (C=O) groups excluding carboxylic acids is 1. The molecule has 2 aromatic heterocycles. The van der Waals surface area contributed by atoms with E-state index in [1.165, 1.54) is 47.7 Å². The molecule has 0 radical (unpaired) electrons. The molecule has 8 heteroatoms. The summed E-state index contributed by atoms with van der Waals surface area (Å²) in [6.07, 6.45) is 5.25. The fourth-order valence-electron chi connectivity index (χ4n) is 3.52. The number of thiophene rings is 1. The van der Waals surface area contributed by atoms with E-state index in [1.54, 1.807) is 23.1 Å². The smallest absolute Gasteiger partial charge is 0.221 e. The van der Waals surface area contributed by atoms with Crippen LogP contribution >= 0.6 is 23.1 Å². The third-order valence-corrected chi connectivity index (χ3v) is 6.93. The second-order valence-corrected chi connectivity index (χ2v) is 8.98. The molecule has 1 aliphatic rings. The minimum absolute atomic E-state index is 0.0405. The Hall–Kier alpha value is -2.19. The predicted molar refractivity (Wildman–Crippen MR) is 112 cm³/mol. The molecule has 0 saturated heterocycles. The van der Waals surface area contributed by atoms with Crippen molar-refractivity contribution in [1.29, 1.82) is 0 Å². The van der Waals surface area contributed by atoms with Crippen molar-refractivity contribution >= 4 is 29.0 Å². The Morgan fingerprint density at radius 1 is 1.29 bits per heavy atom. The number of tetrazole rings is 1. The zero-order chi connectivity index (χ0) is 19.3. The van der Waals surface area contributed by atoms with Gasteiger partial charge < -0.3 is 5.32 Å². The number of aryl methyl sites for hydroxylation is 3. The molecule has 0 spiro atoms. The topological polar surface area (TPSA) is 72.7 Å². The fraction of sp³-hybridized carbons (Fsp3) is 0.400. The summed E-state index contributed by atoms with van der Waals surface area (Å²) in [7, 11) is 1.80. The van der Waals surface area contributed by atoms with Crippen LogP contribution in [0.3, 0.4) is 0 Å². The Labute approximate surface area is 172 Å². The SMILES string of the molecule is Cn1nnnc1SCCC(=O)NC(c1ccc2c(c1)CCCC2)c1cccs1. The van der Waals surface area contributed by atoms with Crippen LogP contribution in [0.5, 0.6) is 0 Å². The molecule has 28 heavy (non-hydrogen) atoms. The quantitative estimate of drug-likeness (QED) is 0.600. The average molecular weight is 414 g/mol. The minimum atomic E-state index is -0.0961. The highest BCUT2D eigenvalue weighted by atomic mass is 32.2. The lowest BCUT2D eigenvalue weighted by Crippen LogP contribution is -2.29. The van der Waals surface area contributed by atoms with Gasteiger partial charge in [-0.05, 0) is 64.2 Å². The number of fused-ring (bicyclic) bond motifs is 1. The van der Waals surface area contributed by atoms with E-state index < -0.39 is 0 Å². The van der Waals surface area contributed by atoms with Gasteiger partial charge in [0.15, 0.2) is 0 Å². The Morgan fingerprint density at radius 3 is 2.89 bits per heavy atom. The van der Waals surface area contributed by atoms with Crippen LogP contribution in [0.2, 0.25) is 0 Å². The molecule has 0 saturated carbocycles. The summed E-state index contributed by atoms with van der Waals surface area (Å²) in [6.45, 7) is 0. The molecule has 1 atom stereocenters. The lowest BCUT2D eigenvalue weighted by molar-refractivity contribution is -0.121. The van der Waals surface area contributed by atoms with E-state index in [0.717, 1.165) is 16.5 Å². The number of amides is 1. The van der Waals surface area contributed by atoms with Crippen LogP contribution in [0.15, 0.2) is 40.9 Å². The second kappa shape index (κ2) is 8.87. The number of nitrogens with one attached hydrogen (secondary N) is 1. The molecule has 0 fully saturated rings. The summed E-state index contributed by atoms with van der Waals surface area (Å²) >= 11 is 3.17. The highest BCUT2D eigenvalue weighted by Gasteiger charge is 2.20. The number of hydrogen-bond donors (Lipinski definition) is 1. The van der Waals surface area contributed by atoms with Gasteiger partial charge in [-0.3, -0.25) is 4.79 Å². The van der Waals surface area contributed by atoms with Crippen molar-refractivity contribution in [3.05, 3.63) is 57.3 Å². The van der Waals surface area contributed by atoms with Gasteiger partial charge in [-0.25, -0.2) is 4.68 Å². The largest absolute Gasteiger partial charge is 0.344 e. The van der Waals surface area contributed by atoms with Crippen molar-refractivity contribution in [2.24, 2.45) is 7.05 Å². The second-order valence-electron chi connectivity index (χ2n) is 6.93. The first-order valence-corrected chi connectivity index (χ1v) is 11.4. The first-order valence-electron chi connectivity index (χ1n) is 9.50. The van der Waals surface area contributed by atoms with Gasteiger partial charge in [0, 0.05) is 24.1 Å². The van der Waals surface area contributed by atoms with E-state index in [2.05, 4.69) is 50.5 Å². The van der Waals surface area contributed by atoms with Crippen LogP contribution in [-0.2, 0) is 24.7 Å². The van der Waals surface area contributed by atoms with Crippen molar-refractivity contribution in [1.82, 2.24) is 25.5 Å². The van der Waals surface area contributed by atoms with Crippen LogP contribution in [0, 0.1) is 0 Å². The zero-order valence-corrected chi connectivity index (χ0v) is 17.4. The number of hydrogen-bond acceptors (Lipinski definition) is 6. The van der Waals surface area contributed by atoms with E-state index in [-0.39, 0.29) is 11.9 Å². The van der Waals surface area contributed by atoms with Crippen molar-refractivity contribution in [3.63, 3.8) is 0 Å². The van der Waals surface area contributed by atoms with Gasteiger partial charge in [-0.2, -0.15) is 0 Å². The predicted octanol–water partition coefficient (Wildman–Crippen LogP) is 3.54. The van der Waals surface area contributed by atoms with Gasteiger partial charge in [0.1, 0.15) is 0 Å². The van der Waals surface area contributed by atoms with E-state index in [1.807, 2.05) is 6.07 Å². The third-order valence-electron chi connectivity index (χ3n) is 4.98. The lowest BCUT2D eigenvalue weighted by Gasteiger charge is -2.22. The number of aromatic nitrogens is 4. The number of thioether (sulfide) groups is 1. The highest BCUT2D eigenvalue weighted by molar-refractivity contribution is 7.99. The Balaban J connectivity index is 1.45. The average Bonchev–Trinajstić information content (AvgIpc) is 3.38. The third kappa shape index (κ3) is 4.44. The van der Waals surface area contributed by atoms with Gasteiger partial charge in [-0.1, -0.05) is 36.0 Å². The molecule has 2 heterocycles. The highest BCUT2D eigenvalue weighted by Crippen LogP contribution is 2.30. The van der Waals surface area contributed by atoms with Crippen molar-refractivity contribution in [2.45, 2.75) is 43.3 Å². The van der Waals surface area contributed by atoms with Crippen molar-refractivity contribution < 1.29 is 4.79 Å². The lowest BCUT2D eigenvalue weighted by atomic mass is 9.89. The summed E-state index contributed by atoms with van der Waals surface area (Å²) in [6, 6.07) is 10.7. The summed E-state index contributed by atoms with van der Waals surface area (Å²) in [4.78, 5) is 13.8. The van der Waals surface area contributed by atoms with Crippen LogP contribution in [-0.4, -0.2) is 31.9 Å². The number of carbonyl (C=O) groups is 1. The minimum Gasteiger partial charge on any atom is -0.344 e. The maximum absolute atomic E-state index is 12.6. The van der Waals surface area contributed by atoms with Crippen LogP contribution in [0.25, 0.3) is 0 Å². The maximum Gasteiger partial charge on any atom is 0.221 e. The Bertz CT molecular complexity index is 938. The summed E-state index contributed by atoms with van der Waals surface area (Å²) in [5.41, 5.74) is 4.06. The Kier molecular flexibility index (Phi) is 6.07. The maximum atomic E-state index is 12.6.